The summed E-state index contributed by atoms with van der Waals surface area (Å²) in [5.74, 6) is -0.506. The Hall–Kier alpha value is -1.60. The molecule has 1 fully saturated rings. The van der Waals surface area contributed by atoms with Crippen LogP contribution in [-0.2, 0) is 14.8 Å². The maximum absolute atomic E-state index is 13.1. The summed E-state index contributed by atoms with van der Waals surface area (Å²) in [5, 5.41) is 0.419. The molecule has 0 N–H and O–H groups in total. The van der Waals surface area contributed by atoms with Crippen molar-refractivity contribution < 1.29 is 13.2 Å². The van der Waals surface area contributed by atoms with Gasteiger partial charge in [0.25, 0.3) is 0 Å². The van der Waals surface area contributed by atoms with Crippen LogP contribution < -0.4 is 4.90 Å². The van der Waals surface area contributed by atoms with E-state index in [0.717, 1.165) is 16.8 Å². The summed E-state index contributed by atoms with van der Waals surface area (Å²) in [6.45, 7) is 4.49. The van der Waals surface area contributed by atoms with E-state index in [9.17, 15) is 13.2 Å². The van der Waals surface area contributed by atoms with E-state index in [2.05, 4.69) is 0 Å². The summed E-state index contributed by atoms with van der Waals surface area (Å²) in [5.41, 5.74) is 3.06. The third kappa shape index (κ3) is 4.61. The van der Waals surface area contributed by atoms with Crippen LogP contribution in [0.25, 0.3) is 0 Å². The van der Waals surface area contributed by atoms with Gasteiger partial charge >= 0.3 is 0 Å². The molecule has 2 aromatic rings. The predicted octanol–water partition coefficient (Wildman–Crippen LogP) is 4.67. The lowest BCUT2D eigenvalue weighted by Gasteiger charge is -2.33. The molecule has 1 aliphatic rings. The van der Waals surface area contributed by atoms with Crippen LogP contribution in [0.15, 0.2) is 41.3 Å². The number of rotatable bonds is 4. The molecular weight excluding hydrogens is 431 g/mol. The summed E-state index contributed by atoms with van der Waals surface area (Å²) in [7, 11) is -2.11. The monoisotopic (exact) mass is 454 g/mol. The van der Waals surface area contributed by atoms with Gasteiger partial charge in [-0.15, -0.1) is 0 Å². The number of sulfonamides is 1. The highest BCUT2D eigenvalue weighted by atomic mass is 35.5. The molecule has 0 aromatic heterocycles. The van der Waals surface area contributed by atoms with E-state index < -0.39 is 15.9 Å². The van der Waals surface area contributed by atoms with Gasteiger partial charge in [-0.2, -0.15) is 4.31 Å². The topological polar surface area (TPSA) is 57.7 Å². The number of aryl methyl sites for hydroxylation is 2. The van der Waals surface area contributed by atoms with Crippen molar-refractivity contribution in [3.8, 4) is 0 Å². The molecular formula is C21H24Cl2N2O3S. The second-order valence-electron chi connectivity index (χ2n) is 7.44. The summed E-state index contributed by atoms with van der Waals surface area (Å²) in [6.07, 6.45) is 1.25. The fourth-order valence-electron chi connectivity index (χ4n) is 3.51. The number of halogens is 2. The molecule has 2 aromatic carbocycles. The van der Waals surface area contributed by atoms with E-state index in [1.54, 1.807) is 18.0 Å². The SMILES string of the molecule is Cc1ccc(N(C)C(=O)[C@H]2CCCN(S(=O)(=O)c3cc(Cl)ccc3Cl)C2)cc1C. The number of anilines is 1. The van der Waals surface area contributed by atoms with Crippen molar-refractivity contribution in [1.82, 2.24) is 4.31 Å². The molecule has 0 spiro atoms. The molecule has 1 saturated heterocycles. The number of carbonyl (C=O) groups is 1. The maximum atomic E-state index is 13.1. The van der Waals surface area contributed by atoms with Crippen molar-refractivity contribution in [2.45, 2.75) is 31.6 Å². The maximum Gasteiger partial charge on any atom is 0.244 e. The predicted molar refractivity (Wildman–Crippen MR) is 117 cm³/mol. The van der Waals surface area contributed by atoms with Gasteiger partial charge in [-0.3, -0.25) is 4.79 Å². The van der Waals surface area contributed by atoms with Gasteiger partial charge in [0.15, 0.2) is 0 Å². The van der Waals surface area contributed by atoms with Crippen molar-refractivity contribution in [3.63, 3.8) is 0 Å². The number of piperidine rings is 1. The average molecular weight is 455 g/mol. The number of hydrogen-bond acceptors (Lipinski definition) is 3. The standard InChI is InChI=1S/C21H24Cl2N2O3S/c1-14-6-8-18(11-15(14)2)24(3)21(26)16-5-4-10-25(13-16)29(27,28)20-12-17(22)7-9-19(20)23/h6-9,11-12,16H,4-5,10,13H2,1-3H3/t16-/m0/s1. The first-order chi connectivity index (χ1) is 13.6. The molecule has 156 valence electrons. The molecule has 1 amide bonds. The molecule has 8 heteroatoms. The lowest BCUT2D eigenvalue weighted by Crippen LogP contribution is -2.46. The highest BCUT2D eigenvalue weighted by Crippen LogP contribution is 2.31. The summed E-state index contributed by atoms with van der Waals surface area (Å²) < 4.78 is 27.6. The van der Waals surface area contributed by atoms with Gasteiger partial charge in [0.1, 0.15) is 4.90 Å². The molecule has 3 rings (SSSR count). The van der Waals surface area contributed by atoms with Gasteiger partial charge in [0.2, 0.25) is 15.9 Å². The molecule has 0 saturated carbocycles. The van der Waals surface area contributed by atoms with Gasteiger partial charge in [0, 0.05) is 30.8 Å². The smallest absolute Gasteiger partial charge is 0.244 e. The fourth-order valence-corrected chi connectivity index (χ4v) is 5.77. The minimum absolute atomic E-state index is 0.0257. The number of nitrogens with zero attached hydrogens (tertiary/aromatic N) is 2. The lowest BCUT2D eigenvalue weighted by molar-refractivity contribution is -0.123. The fraction of sp³-hybridized carbons (Fsp3) is 0.381. The van der Waals surface area contributed by atoms with Crippen LogP contribution in [0, 0.1) is 19.8 Å². The van der Waals surface area contributed by atoms with Crippen molar-refractivity contribution in [1.29, 1.82) is 0 Å². The minimum Gasteiger partial charge on any atom is -0.315 e. The third-order valence-corrected chi connectivity index (χ3v) is 8.03. The van der Waals surface area contributed by atoms with Crippen LogP contribution >= 0.6 is 23.2 Å². The first kappa shape index (κ1) is 22.1. The zero-order valence-electron chi connectivity index (χ0n) is 16.7. The molecule has 1 atom stereocenters. The Bertz CT molecular complexity index is 1040. The lowest BCUT2D eigenvalue weighted by atomic mass is 9.98. The number of carbonyl (C=O) groups excluding carboxylic acids is 1. The summed E-state index contributed by atoms with van der Waals surface area (Å²) in [6, 6.07) is 10.2. The Morgan fingerprint density at radius 1 is 1.10 bits per heavy atom. The van der Waals surface area contributed by atoms with Gasteiger partial charge in [0.05, 0.1) is 10.9 Å². The van der Waals surface area contributed by atoms with Gasteiger partial charge in [-0.05, 0) is 68.1 Å². The van der Waals surface area contributed by atoms with E-state index in [0.29, 0.717) is 24.4 Å². The van der Waals surface area contributed by atoms with Crippen molar-refractivity contribution in [2.75, 3.05) is 25.0 Å². The normalized spacial score (nSPS) is 17.9. The van der Waals surface area contributed by atoms with Gasteiger partial charge in [-0.1, -0.05) is 29.3 Å². The van der Waals surface area contributed by atoms with Crippen molar-refractivity contribution >= 4 is 44.8 Å². The van der Waals surface area contributed by atoms with Crippen LogP contribution in [0.5, 0.6) is 0 Å². The number of hydrogen-bond donors (Lipinski definition) is 0. The molecule has 5 nitrogen and oxygen atoms in total. The molecule has 0 radical (unpaired) electrons. The van der Waals surface area contributed by atoms with E-state index in [4.69, 9.17) is 23.2 Å². The molecule has 0 bridgehead atoms. The Balaban J connectivity index is 1.81. The highest BCUT2D eigenvalue weighted by Gasteiger charge is 2.35. The van der Waals surface area contributed by atoms with Crippen LogP contribution in [-0.4, -0.2) is 38.8 Å². The molecule has 1 heterocycles. The summed E-state index contributed by atoms with van der Waals surface area (Å²) in [4.78, 5) is 14.7. The average Bonchev–Trinajstić information content (AvgIpc) is 2.70. The highest BCUT2D eigenvalue weighted by molar-refractivity contribution is 7.89. The van der Waals surface area contributed by atoms with Crippen LogP contribution in [0.3, 0.4) is 0 Å². The minimum atomic E-state index is -3.84. The second kappa shape index (κ2) is 8.64. The zero-order valence-corrected chi connectivity index (χ0v) is 19.0. The van der Waals surface area contributed by atoms with Crippen LogP contribution in [0.1, 0.15) is 24.0 Å². The van der Waals surface area contributed by atoms with E-state index >= 15 is 0 Å². The first-order valence-corrected chi connectivity index (χ1v) is 11.6. The molecule has 29 heavy (non-hydrogen) atoms. The van der Waals surface area contributed by atoms with Gasteiger partial charge in [-0.25, -0.2) is 8.42 Å². The van der Waals surface area contributed by atoms with Gasteiger partial charge < -0.3 is 4.90 Å². The largest absolute Gasteiger partial charge is 0.315 e. The molecule has 1 aliphatic heterocycles. The zero-order chi connectivity index (χ0) is 21.3. The molecule has 0 aliphatic carbocycles. The van der Waals surface area contributed by atoms with Crippen LogP contribution in [0.2, 0.25) is 10.0 Å². The first-order valence-electron chi connectivity index (χ1n) is 9.41. The Labute approximate surface area is 182 Å². The van der Waals surface area contributed by atoms with E-state index in [1.807, 2.05) is 32.0 Å². The Kier molecular flexibility index (Phi) is 6.58. The van der Waals surface area contributed by atoms with Crippen LogP contribution in [0.4, 0.5) is 5.69 Å². The Morgan fingerprint density at radius 2 is 1.83 bits per heavy atom. The molecule has 0 unspecified atom stereocenters. The van der Waals surface area contributed by atoms with E-state index in [1.165, 1.54) is 16.4 Å². The quantitative estimate of drug-likeness (QED) is 0.673. The van der Waals surface area contributed by atoms with E-state index in [-0.39, 0.29) is 22.4 Å². The second-order valence-corrected chi connectivity index (χ2v) is 10.2. The van der Waals surface area contributed by atoms with Crippen molar-refractivity contribution in [3.05, 3.63) is 57.6 Å². The number of benzene rings is 2. The number of amides is 1. The third-order valence-electron chi connectivity index (χ3n) is 5.45. The Morgan fingerprint density at radius 3 is 2.52 bits per heavy atom. The summed E-state index contributed by atoms with van der Waals surface area (Å²) >= 11 is 12.1. The van der Waals surface area contributed by atoms with Crippen molar-refractivity contribution in [2.24, 2.45) is 5.92 Å².